The van der Waals surface area contributed by atoms with Crippen molar-refractivity contribution < 1.29 is 14.3 Å². The van der Waals surface area contributed by atoms with E-state index in [1.54, 1.807) is 24.3 Å². The minimum Gasteiger partial charge on any atom is -0.484 e. The molecule has 1 aromatic carbocycles. The third kappa shape index (κ3) is 6.30. The number of nitrogens with two attached hydrogens (primary N) is 1. The Morgan fingerprint density at radius 3 is 2.32 bits per heavy atom. The van der Waals surface area contributed by atoms with Crippen LogP contribution in [0.1, 0.15) is 20.8 Å². The van der Waals surface area contributed by atoms with E-state index in [9.17, 15) is 9.59 Å². The van der Waals surface area contributed by atoms with E-state index >= 15 is 0 Å². The van der Waals surface area contributed by atoms with Crippen molar-refractivity contribution in [2.24, 2.45) is 0 Å². The fourth-order valence-electron chi connectivity index (χ4n) is 1.25. The number of benzene rings is 1. The van der Waals surface area contributed by atoms with Gasteiger partial charge in [0.2, 0.25) is 0 Å². The summed E-state index contributed by atoms with van der Waals surface area (Å²) in [6.07, 6.45) is 0. The number of carbonyl (C=O) groups is 2. The number of nitrogen functional groups attached to an aromatic ring is 1. The third-order valence-corrected chi connectivity index (χ3v) is 1.99. The number of ether oxygens (including phenoxy) is 1. The first-order chi connectivity index (χ1) is 8.76. The number of rotatable bonds is 3. The van der Waals surface area contributed by atoms with Crippen LogP contribution in [-0.4, -0.2) is 24.1 Å². The summed E-state index contributed by atoms with van der Waals surface area (Å²) in [5.41, 5.74) is 5.73. The molecule has 0 heterocycles. The zero-order chi connectivity index (χ0) is 14.5. The minimum absolute atomic E-state index is 0.235. The van der Waals surface area contributed by atoms with Crippen molar-refractivity contribution in [3.05, 3.63) is 24.3 Å². The van der Waals surface area contributed by atoms with E-state index in [0.29, 0.717) is 11.4 Å². The first-order valence-electron chi connectivity index (χ1n) is 5.86. The molecular formula is C13H19N3O3. The predicted molar refractivity (Wildman–Crippen MR) is 72.8 cm³/mol. The maximum atomic E-state index is 11.5. The van der Waals surface area contributed by atoms with Crippen LogP contribution in [0.25, 0.3) is 0 Å². The maximum Gasteiger partial charge on any atom is 0.321 e. The van der Waals surface area contributed by atoms with Crippen LogP contribution in [0.4, 0.5) is 10.5 Å². The van der Waals surface area contributed by atoms with Gasteiger partial charge in [-0.25, -0.2) is 4.79 Å². The van der Waals surface area contributed by atoms with Gasteiger partial charge in [-0.05, 0) is 45.0 Å². The molecule has 1 aromatic rings. The molecule has 0 bridgehead atoms. The fraction of sp³-hybridized carbons (Fsp3) is 0.385. The van der Waals surface area contributed by atoms with Crippen molar-refractivity contribution in [2.75, 3.05) is 12.3 Å². The quantitative estimate of drug-likeness (QED) is 0.717. The van der Waals surface area contributed by atoms with Gasteiger partial charge >= 0.3 is 6.03 Å². The summed E-state index contributed by atoms with van der Waals surface area (Å²) in [7, 11) is 0. The summed E-state index contributed by atoms with van der Waals surface area (Å²) >= 11 is 0. The van der Waals surface area contributed by atoms with Crippen molar-refractivity contribution in [1.29, 1.82) is 0 Å². The lowest BCUT2D eigenvalue weighted by Gasteiger charge is -2.20. The summed E-state index contributed by atoms with van der Waals surface area (Å²) in [6.45, 7) is 5.23. The van der Waals surface area contributed by atoms with Gasteiger partial charge in [-0.2, -0.15) is 0 Å². The zero-order valence-corrected chi connectivity index (χ0v) is 11.3. The SMILES string of the molecule is CC(C)(C)NC(=O)NC(=O)COc1ccc(N)cc1. The largest absolute Gasteiger partial charge is 0.484 e. The summed E-state index contributed by atoms with van der Waals surface area (Å²) in [6, 6.07) is 6.09. The second kappa shape index (κ2) is 6.08. The number of hydrogen-bond acceptors (Lipinski definition) is 4. The van der Waals surface area contributed by atoms with Gasteiger partial charge in [0.15, 0.2) is 6.61 Å². The van der Waals surface area contributed by atoms with Crippen LogP contribution >= 0.6 is 0 Å². The molecule has 0 atom stereocenters. The molecule has 1 rings (SSSR count). The van der Waals surface area contributed by atoms with Crippen LogP contribution in [-0.2, 0) is 4.79 Å². The van der Waals surface area contributed by atoms with Gasteiger partial charge in [0.25, 0.3) is 5.91 Å². The summed E-state index contributed by atoms with van der Waals surface area (Å²) in [4.78, 5) is 22.9. The molecule has 0 spiro atoms. The zero-order valence-electron chi connectivity index (χ0n) is 11.3. The van der Waals surface area contributed by atoms with Crippen LogP contribution in [0, 0.1) is 0 Å². The van der Waals surface area contributed by atoms with Crippen LogP contribution in [0.2, 0.25) is 0 Å². The molecule has 3 amide bonds. The topological polar surface area (TPSA) is 93.5 Å². The van der Waals surface area contributed by atoms with E-state index in [4.69, 9.17) is 10.5 Å². The lowest BCUT2D eigenvalue weighted by Crippen LogP contribution is -2.49. The van der Waals surface area contributed by atoms with Crippen molar-refractivity contribution >= 4 is 17.6 Å². The fourth-order valence-corrected chi connectivity index (χ4v) is 1.25. The first-order valence-corrected chi connectivity index (χ1v) is 5.86. The highest BCUT2D eigenvalue weighted by atomic mass is 16.5. The van der Waals surface area contributed by atoms with Gasteiger partial charge in [0, 0.05) is 11.2 Å². The number of hydrogen-bond donors (Lipinski definition) is 3. The minimum atomic E-state index is -0.543. The molecule has 0 aromatic heterocycles. The molecule has 6 heteroatoms. The molecule has 0 fully saturated rings. The number of carbonyl (C=O) groups excluding carboxylic acids is 2. The monoisotopic (exact) mass is 265 g/mol. The van der Waals surface area contributed by atoms with Crippen LogP contribution in [0.15, 0.2) is 24.3 Å². The van der Waals surface area contributed by atoms with Gasteiger partial charge in [-0.1, -0.05) is 0 Å². The molecule has 0 unspecified atom stereocenters. The Hall–Kier alpha value is -2.24. The molecule has 0 radical (unpaired) electrons. The predicted octanol–water partition coefficient (Wildman–Crippen LogP) is 1.27. The molecule has 6 nitrogen and oxygen atoms in total. The van der Waals surface area contributed by atoms with E-state index in [1.807, 2.05) is 20.8 Å². The second-order valence-corrected chi connectivity index (χ2v) is 5.11. The van der Waals surface area contributed by atoms with Crippen LogP contribution in [0.3, 0.4) is 0 Å². The standard InChI is InChI=1S/C13H19N3O3/c1-13(2,3)16-12(18)15-11(17)8-19-10-6-4-9(14)5-7-10/h4-7H,8,14H2,1-3H3,(H2,15,16,17,18). The number of nitrogens with one attached hydrogen (secondary N) is 2. The number of amides is 3. The van der Waals surface area contributed by atoms with Crippen molar-refractivity contribution in [3.63, 3.8) is 0 Å². The van der Waals surface area contributed by atoms with Crippen molar-refractivity contribution in [3.8, 4) is 5.75 Å². The lowest BCUT2D eigenvalue weighted by atomic mass is 10.1. The van der Waals surface area contributed by atoms with E-state index < -0.39 is 17.5 Å². The molecule has 104 valence electrons. The summed E-state index contributed by atoms with van der Waals surface area (Å²) in [5.74, 6) is -0.000783. The Bertz CT molecular complexity index is 449. The smallest absolute Gasteiger partial charge is 0.321 e. The maximum absolute atomic E-state index is 11.5. The average Bonchev–Trinajstić information content (AvgIpc) is 2.25. The molecule has 19 heavy (non-hydrogen) atoms. The Kier molecular flexibility index (Phi) is 4.74. The van der Waals surface area contributed by atoms with E-state index in [2.05, 4.69) is 10.6 Å². The van der Waals surface area contributed by atoms with Crippen LogP contribution in [0.5, 0.6) is 5.75 Å². The Morgan fingerprint density at radius 2 is 1.79 bits per heavy atom. The van der Waals surface area contributed by atoms with Gasteiger partial charge in [-0.15, -0.1) is 0 Å². The van der Waals surface area contributed by atoms with Crippen molar-refractivity contribution in [2.45, 2.75) is 26.3 Å². The Morgan fingerprint density at radius 1 is 1.21 bits per heavy atom. The lowest BCUT2D eigenvalue weighted by molar-refractivity contribution is -0.122. The van der Waals surface area contributed by atoms with Gasteiger partial charge < -0.3 is 15.8 Å². The molecule has 0 aliphatic heterocycles. The van der Waals surface area contributed by atoms with E-state index in [0.717, 1.165) is 0 Å². The number of urea groups is 1. The highest BCUT2D eigenvalue weighted by Gasteiger charge is 2.15. The molecule has 0 saturated carbocycles. The Labute approximate surface area is 112 Å². The Balaban J connectivity index is 2.36. The third-order valence-electron chi connectivity index (χ3n) is 1.99. The van der Waals surface area contributed by atoms with E-state index in [-0.39, 0.29) is 6.61 Å². The molecular weight excluding hydrogens is 246 g/mol. The first kappa shape index (κ1) is 14.8. The molecule has 0 saturated heterocycles. The molecule has 0 aliphatic rings. The van der Waals surface area contributed by atoms with Gasteiger partial charge in [0.1, 0.15) is 5.75 Å². The average molecular weight is 265 g/mol. The van der Waals surface area contributed by atoms with Crippen LogP contribution < -0.4 is 21.1 Å². The second-order valence-electron chi connectivity index (χ2n) is 5.11. The normalized spacial score (nSPS) is 10.7. The number of imide groups is 1. The van der Waals surface area contributed by atoms with Gasteiger partial charge in [-0.3, -0.25) is 10.1 Å². The number of anilines is 1. The molecule has 0 aliphatic carbocycles. The highest BCUT2D eigenvalue weighted by molar-refractivity contribution is 5.95. The van der Waals surface area contributed by atoms with E-state index in [1.165, 1.54) is 0 Å². The summed E-state index contributed by atoms with van der Waals surface area (Å²) < 4.78 is 5.21. The highest BCUT2D eigenvalue weighted by Crippen LogP contribution is 2.12. The van der Waals surface area contributed by atoms with Gasteiger partial charge in [0.05, 0.1) is 0 Å². The van der Waals surface area contributed by atoms with Crippen molar-refractivity contribution in [1.82, 2.24) is 10.6 Å². The summed E-state index contributed by atoms with van der Waals surface area (Å²) in [5, 5.41) is 4.79. The molecule has 4 N–H and O–H groups in total.